The van der Waals surface area contributed by atoms with E-state index >= 15 is 0 Å². The number of benzene rings is 2. The Hall–Kier alpha value is -4.23. The highest BCUT2D eigenvalue weighted by Gasteiger charge is 2.62. The molecule has 1 heterocycles. The van der Waals surface area contributed by atoms with Crippen LogP contribution in [0.15, 0.2) is 67.3 Å². The first-order valence-electron chi connectivity index (χ1n) is 17.5. The topological polar surface area (TPSA) is 160 Å². The number of hydrogen-bond donors (Lipinski definition) is 3. The van der Waals surface area contributed by atoms with Crippen molar-refractivity contribution in [2.75, 3.05) is 13.7 Å². The fourth-order valence-electron chi connectivity index (χ4n) is 6.73. The van der Waals surface area contributed by atoms with Gasteiger partial charge in [0.1, 0.15) is 28.8 Å². The van der Waals surface area contributed by atoms with Crippen LogP contribution in [0.4, 0.5) is 4.79 Å². The fraction of sp³-hybridized carbons (Fsp3) is 0.526. The number of ether oxygens (including phenoxy) is 2. The van der Waals surface area contributed by atoms with E-state index < -0.39 is 73.8 Å². The Morgan fingerprint density at radius 3 is 2.18 bits per heavy atom. The summed E-state index contributed by atoms with van der Waals surface area (Å²) in [5, 5.41) is 4.93. The highest BCUT2D eigenvalue weighted by molar-refractivity contribution is 7.91. The first-order valence-corrected chi connectivity index (χ1v) is 19.1. The van der Waals surface area contributed by atoms with Crippen molar-refractivity contribution in [1.82, 2.24) is 20.3 Å². The van der Waals surface area contributed by atoms with E-state index in [-0.39, 0.29) is 25.3 Å². The molecule has 6 atom stereocenters. The van der Waals surface area contributed by atoms with Crippen LogP contribution in [0.5, 0.6) is 0 Å². The SMILES string of the molecule is C=C[C@@H]1CC1(NC(=O)[C@@H]1CC(OC)(c2ccc(-c3ccccc3)cc2)CN1C(=O)[C@@H](NC(=O)OC(C)(C)C)C(C)CC)C(=O)NS(=O)(=O)C1CC1. The maximum Gasteiger partial charge on any atom is 0.408 e. The zero-order valence-electron chi connectivity index (χ0n) is 30.2. The Balaban J connectivity index is 1.49. The van der Waals surface area contributed by atoms with Gasteiger partial charge in [0.2, 0.25) is 21.8 Å². The number of likely N-dealkylation sites (tertiary alicyclic amines) is 1. The minimum Gasteiger partial charge on any atom is -0.444 e. The van der Waals surface area contributed by atoms with Crippen LogP contribution in [0, 0.1) is 11.8 Å². The molecule has 3 unspecified atom stereocenters. The summed E-state index contributed by atoms with van der Waals surface area (Å²) in [5.74, 6) is -2.84. The first kappa shape index (κ1) is 38.0. The lowest BCUT2D eigenvalue weighted by molar-refractivity contribution is -0.142. The Bertz CT molecular complexity index is 1760. The second-order valence-electron chi connectivity index (χ2n) is 15.0. The summed E-state index contributed by atoms with van der Waals surface area (Å²) < 4.78 is 39.3. The lowest BCUT2D eigenvalue weighted by Crippen LogP contribution is -2.59. The number of sulfonamides is 1. The molecule has 0 aromatic heterocycles. The van der Waals surface area contributed by atoms with E-state index in [1.165, 1.54) is 18.1 Å². The average molecular weight is 723 g/mol. The van der Waals surface area contributed by atoms with Gasteiger partial charge in [-0.15, -0.1) is 6.58 Å². The van der Waals surface area contributed by atoms with Gasteiger partial charge >= 0.3 is 6.09 Å². The van der Waals surface area contributed by atoms with Gasteiger partial charge < -0.3 is 25.0 Å². The van der Waals surface area contributed by atoms with Gasteiger partial charge in [-0.05, 0) is 62.6 Å². The van der Waals surface area contributed by atoms with E-state index in [2.05, 4.69) is 21.9 Å². The Morgan fingerprint density at radius 1 is 1.02 bits per heavy atom. The number of methoxy groups -OCH3 is 1. The average Bonchev–Trinajstić information content (AvgIpc) is 4.03. The van der Waals surface area contributed by atoms with E-state index in [1.54, 1.807) is 20.8 Å². The van der Waals surface area contributed by atoms with Crippen LogP contribution in [0.3, 0.4) is 0 Å². The molecular formula is C38H50N4O8S. The smallest absolute Gasteiger partial charge is 0.408 e. The quantitative estimate of drug-likeness (QED) is 0.257. The summed E-state index contributed by atoms with van der Waals surface area (Å²) >= 11 is 0. The van der Waals surface area contributed by atoms with E-state index in [4.69, 9.17) is 9.47 Å². The molecule has 0 spiro atoms. The standard InChI is InChI=1S/C38H50N4O8S/c1-8-24(3)31(39-35(46)50-36(4,5)6)33(44)42-23-37(49-7,28-17-15-26(16-18-28)25-13-11-10-12-14-25)22-30(42)32(43)40-38(21-27(38)9-2)34(45)41-51(47,48)29-19-20-29/h9-18,24,27,29-31H,2,8,19-23H2,1,3-7H3,(H,39,46)(H,40,43)(H,41,45)/t24?,27-,30+,31+,37?,38?/m1/s1. The molecule has 12 nitrogen and oxygen atoms in total. The van der Waals surface area contributed by atoms with Crippen molar-refractivity contribution >= 4 is 33.8 Å². The molecule has 2 aromatic carbocycles. The lowest BCUT2D eigenvalue weighted by atomic mass is 9.89. The second-order valence-corrected chi connectivity index (χ2v) is 17.0. The minimum atomic E-state index is -3.89. The van der Waals surface area contributed by atoms with Crippen molar-refractivity contribution in [3.8, 4) is 11.1 Å². The third-order valence-corrected chi connectivity index (χ3v) is 12.0. The summed E-state index contributed by atoms with van der Waals surface area (Å²) in [6, 6.07) is 15.4. The Kier molecular flexibility index (Phi) is 10.7. The third kappa shape index (κ3) is 8.14. The molecule has 1 saturated heterocycles. The highest BCUT2D eigenvalue weighted by Crippen LogP contribution is 2.46. The molecule has 2 aliphatic carbocycles. The van der Waals surface area contributed by atoms with Gasteiger partial charge in [-0.1, -0.05) is 80.9 Å². The Morgan fingerprint density at radius 2 is 1.65 bits per heavy atom. The van der Waals surface area contributed by atoms with Crippen LogP contribution in [0.1, 0.15) is 72.3 Å². The van der Waals surface area contributed by atoms with Gasteiger partial charge in [0.15, 0.2) is 0 Å². The van der Waals surface area contributed by atoms with Crippen LogP contribution in [-0.2, 0) is 39.5 Å². The van der Waals surface area contributed by atoms with Gasteiger partial charge in [-0.3, -0.25) is 19.1 Å². The summed E-state index contributed by atoms with van der Waals surface area (Å²) in [7, 11) is -2.37. The van der Waals surface area contributed by atoms with Crippen molar-refractivity contribution in [2.24, 2.45) is 11.8 Å². The molecule has 0 bridgehead atoms. The van der Waals surface area contributed by atoms with Crippen LogP contribution in [0.25, 0.3) is 11.1 Å². The number of rotatable bonds is 13. The van der Waals surface area contributed by atoms with Gasteiger partial charge in [-0.25, -0.2) is 13.2 Å². The molecule has 13 heteroatoms. The molecular weight excluding hydrogens is 673 g/mol. The third-order valence-electron chi connectivity index (χ3n) is 10.2. The van der Waals surface area contributed by atoms with Gasteiger partial charge in [-0.2, -0.15) is 0 Å². The molecule has 5 rings (SSSR count). The van der Waals surface area contributed by atoms with E-state index in [0.29, 0.717) is 19.3 Å². The van der Waals surface area contributed by atoms with Crippen LogP contribution in [0.2, 0.25) is 0 Å². The first-order chi connectivity index (χ1) is 24.0. The lowest BCUT2D eigenvalue weighted by Gasteiger charge is -2.33. The number of nitrogens with one attached hydrogen (secondary N) is 3. The number of nitrogens with zero attached hydrogens (tertiary/aromatic N) is 1. The molecule has 3 N–H and O–H groups in total. The summed E-state index contributed by atoms with van der Waals surface area (Å²) in [6.45, 7) is 12.6. The number of alkyl carbamates (subject to hydrolysis) is 1. The Labute approximate surface area is 300 Å². The zero-order chi connectivity index (χ0) is 37.4. The highest BCUT2D eigenvalue weighted by atomic mass is 32.2. The van der Waals surface area contributed by atoms with Crippen molar-refractivity contribution in [3.63, 3.8) is 0 Å². The molecule has 276 valence electrons. The molecule has 0 radical (unpaired) electrons. The number of hydrogen-bond acceptors (Lipinski definition) is 8. The maximum absolute atomic E-state index is 14.6. The molecule has 51 heavy (non-hydrogen) atoms. The minimum absolute atomic E-state index is 0.0300. The molecule has 1 aliphatic heterocycles. The maximum atomic E-state index is 14.6. The van der Waals surface area contributed by atoms with Crippen LogP contribution < -0.4 is 15.4 Å². The van der Waals surface area contributed by atoms with Crippen molar-refractivity contribution in [3.05, 3.63) is 72.8 Å². The fourth-order valence-corrected chi connectivity index (χ4v) is 8.09. The van der Waals surface area contributed by atoms with Crippen LogP contribution >= 0.6 is 0 Å². The second kappa shape index (κ2) is 14.4. The number of carbonyl (C=O) groups excluding carboxylic acids is 4. The summed E-state index contributed by atoms with van der Waals surface area (Å²) in [4.78, 5) is 56.9. The predicted octanol–water partition coefficient (Wildman–Crippen LogP) is 4.40. The normalized spacial score (nSPS) is 25.6. The molecule has 2 aromatic rings. The van der Waals surface area contributed by atoms with Crippen LogP contribution in [-0.4, -0.2) is 79.3 Å². The van der Waals surface area contributed by atoms with Crippen molar-refractivity contribution < 1.29 is 37.1 Å². The van der Waals surface area contributed by atoms with Gasteiger partial charge in [0.05, 0.1) is 11.8 Å². The molecule has 3 aliphatic rings. The zero-order valence-corrected chi connectivity index (χ0v) is 31.0. The van der Waals surface area contributed by atoms with Crippen molar-refractivity contribution in [1.29, 1.82) is 0 Å². The van der Waals surface area contributed by atoms with E-state index in [1.807, 2.05) is 68.4 Å². The van der Waals surface area contributed by atoms with Crippen molar-refractivity contribution in [2.45, 2.75) is 101 Å². The number of carbonyl (C=O) groups is 4. The summed E-state index contributed by atoms with van der Waals surface area (Å²) in [5.41, 5.74) is -0.761. The number of amides is 4. The molecule has 4 amide bonds. The monoisotopic (exact) mass is 722 g/mol. The largest absolute Gasteiger partial charge is 0.444 e. The van der Waals surface area contributed by atoms with E-state index in [0.717, 1.165) is 16.7 Å². The van der Waals surface area contributed by atoms with Gasteiger partial charge in [0, 0.05) is 19.4 Å². The predicted molar refractivity (Wildman–Crippen MR) is 193 cm³/mol. The van der Waals surface area contributed by atoms with Gasteiger partial charge in [0.25, 0.3) is 5.91 Å². The summed E-state index contributed by atoms with van der Waals surface area (Å²) in [6.07, 6.45) is 2.39. The van der Waals surface area contributed by atoms with E-state index in [9.17, 15) is 27.6 Å². The molecule has 2 saturated carbocycles. The molecule has 3 fully saturated rings.